The Balaban J connectivity index is 0.00000289. The molecule has 172 valence electrons. The van der Waals surface area contributed by atoms with Gasteiger partial charge < -0.3 is 0 Å². The molecule has 0 atom stereocenters. The van der Waals surface area contributed by atoms with Crippen LogP contribution in [0.4, 0.5) is 5.69 Å². The highest BCUT2D eigenvalue weighted by molar-refractivity contribution is 7.89. The van der Waals surface area contributed by atoms with E-state index in [1.54, 1.807) is 24.3 Å². The highest BCUT2D eigenvalue weighted by Gasteiger charge is 2.20. The predicted octanol–water partition coefficient (Wildman–Crippen LogP) is 3.06. The van der Waals surface area contributed by atoms with E-state index in [9.17, 15) is 18.5 Å². The Morgan fingerprint density at radius 1 is 1.12 bits per heavy atom. The standard InChI is InChI=1S/C20H23N5O5S.ClH/c26-25(27)17-8-7-15-9-12-24(14-16(15)13-17)11-3-1-2-10-21-31(28,29)19-6-4-5-18-20(19)23-30-22-18;/h4-8,13,21H,1-3,9-12,14H2;1H. The summed E-state index contributed by atoms with van der Waals surface area (Å²) in [5.74, 6) is 0. The molecule has 0 fully saturated rings. The number of sulfonamides is 1. The fraction of sp³-hybridized carbons (Fsp3) is 0.400. The summed E-state index contributed by atoms with van der Waals surface area (Å²) in [4.78, 5) is 13.0. The van der Waals surface area contributed by atoms with E-state index in [1.807, 2.05) is 6.07 Å². The van der Waals surface area contributed by atoms with Crippen molar-refractivity contribution >= 4 is 39.2 Å². The van der Waals surface area contributed by atoms with Gasteiger partial charge in [-0.2, -0.15) is 0 Å². The average molecular weight is 482 g/mol. The molecular formula is C20H24ClN5O5S. The van der Waals surface area contributed by atoms with Crippen LogP contribution in [0.3, 0.4) is 0 Å². The lowest BCUT2D eigenvalue weighted by atomic mass is 9.99. The third-order valence-corrected chi connectivity index (χ3v) is 6.97. The zero-order valence-corrected chi connectivity index (χ0v) is 18.9. The van der Waals surface area contributed by atoms with Gasteiger partial charge in [-0.05, 0) is 59.4 Å². The molecular weight excluding hydrogens is 458 g/mol. The molecule has 0 amide bonds. The molecule has 0 aliphatic carbocycles. The number of rotatable bonds is 9. The maximum absolute atomic E-state index is 12.5. The van der Waals surface area contributed by atoms with Gasteiger partial charge in [-0.15, -0.1) is 12.4 Å². The van der Waals surface area contributed by atoms with Gasteiger partial charge in [-0.3, -0.25) is 15.0 Å². The maximum atomic E-state index is 12.5. The Labute approximate surface area is 191 Å². The maximum Gasteiger partial charge on any atom is 0.269 e. The van der Waals surface area contributed by atoms with Crippen LogP contribution in [-0.4, -0.2) is 48.2 Å². The number of benzene rings is 2. The van der Waals surface area contributed by atoms with Gasteiger partial charge in [0.25, 0.3) is 5.69 Å². The molecule has 4 rings (SSSR count). The van der Waals surface area contributed by atoms with Gasteiger partial charge >= 0.3 is 0 Å². The molecule has 1 aromatic heterocycles. The van der Waals surface area contributed by atoms with E-state index >= 15 is 0 Å². The number of hydrogen-bond donors (Lipinski definition) is 1. The SMILES string of the molecule is Cl.O=[N+]([O-])c1ccc2c(c1)CN(CCCCCNS(=O)(=O)c1cccc3nonc13)CC2. The van der Waals surface area contributed by atoms with E-state index in [0.29, 0.717) is 25.0 Å². The molecule has 1 aliphatic heterocycles. The number of nitro benzene ring substituents is 1. The Bertz CT molecular complexity index is 1200. The number of aromatic nitrogens is 2. The third kappa shape index (κ3) is 5.41. The van der Waals surface area contributed by atoms with Gasteiger partial charge in [-0.25, -0.2) is 17.8 Å². The average Bonchev–Trinajstić information content (AvgIpc) is 3.24. The van der Waals surface area contributed by atoms with Gasteiger partial charge in [-0.1, -0.05) is 18.6 Å². The Morgan fingerprint density at radius 3 is 2.78 bits per heavy atom. The van der Waals surface area contributed by atoms with E-state index < -0.39 is 10.0 Å². The molecule has 1 N–H and O–H groups in total. The zero-order chi connectivity index (χ0) is 21.8. The minimum atomic E-state index is -3.69. The molecule has 1 aliphatic rings. The molecule has 0 radical (unpaired) electrons. The number of nitrogens with zero attached hydrogens (tertiary/aromatic N) is 4. The highest BCUT2D eigenvalue weighted by atomic mass is 35.5. The number of halogens is 1. The lowest BCUT2D eigenvalue weighted by molar-refractivity contribution is -0.385. The molecule has 0 saturated carbocycles. The number of nitrogens with one attached hydrogen (secondary N) is 1. The van der Waals surface area contributed by atoms with Gasteiger partial charge in [0.2, 0.25) is 10.0 Å². The second kappa shape index (κ2) is 10.3. The summed E-state index contributed by atoms with van der Waals surface area (Å²) in [6.45, 7) is 2.84. The molecule has 12 heteroatoms. The van der Waals surface area contributed by atoms with Crippen molar-refractivity contribution < 1.29 is 18.0 Å². The van der Waals surface area contributed by atoms with Gasteiger partial charge in [0.1, 0.15) is 10.4 Å². The van der Waals surface area contributed by atoms with Gasteiger partial charge in [0.15, 0.2) is 5.52 Å². The first-order valence-electron chi connectivity index (χ1n) is 10.1. The number of hydrogen-bond acceptors (Lipinski definition) is 8. The van der Waals surface area contributed by atoms with Crippen molar-refractivity contribution in [3.63, 3.8) is 0 Å². The molecule has 3 aromatic rings. The minimum Gasteiger partial charge on any atom is -0.299 e. The first kappa shape index (κ1) is 24.1. The fourth-order valence-electron chi connectivity index (χ4n) is 3.83. The lowest BCUT2D eigenvalue weighted by Crippen LogP contribution is -2.31. The number of fused-ring (bicyclic) bond motifs is 2. The fourth-order valence-corrected chi connectivity index (χ4v) is 5.05. The van der Waals surface area contributed by atoms with Crippen molar-refractivity contribution in [2.24, 2.45) is 0 Å². The number of unbranched alkanes of at least 4 members (excludes halogenated alkanes) is 2. The van der Waals surface area contributed by atoms with Crippen LogP contribution in [0.2, 0.25) is 0 Å². The first-order chi connectivity index (χ1) is 14.9. The summed E-state index contributed by atoms with van der Waals surface area (Å²) in [5.41, 5.74) is 2.94. The van der Waals surface area contributed by atoms with E-state index in [0.717, 1.165) is 37.9 Å². The van der Waals surface area contributed by atoms with Crippen LogP contribution in [0.15, 0.2) is 45.9 Å². The monoisotopic (exact) mass is 481 g/mol. The van der Waals surface area contributed by atoms with E-state index in [4.69, 9.17) is 0 Å². The van der Waals surface area contributed by atoms with Crippen molar-refractivity contribution in [1.82, 2.24) is 19.9 Å². The first-order valence-corrected chi connectivity index (χ1v) is 11.6. The minimum absolute atomic E-state index is 0. The summed E-state index contributed by atoms with van der Waals surface area (Å²) >= 11 is 0. The van der Waals surface area contributed by atoms with Gasteiger partial charge in [0, 0.05) is 31.8 Å². The Morgan fingerprint density at radius 2 is 1.97 bits per heavy atom. The smallest absolute Gasteiger partial charge is 0.269 e. The van der Waals surface area contributed by atoms with Crippen LogP contribution < -0.4 is 4.72 Å². The second-order valence-corrected chi connectivity index (χ2v) is 9.32. The van der Waals surface area contributed by atoms with Gasteiger partial charge in [0.05, 0.1) is 4.92 Å². The van der Waals surface area contributed by atoms with Crippen LogP contribution in [0, 0.1) is 10.1 Å². The topological polar surface area (TPSA) is 131 Å². The summed E-state index contributed by atoms with van der Waals surface area (Å²) in [6, 6.07) is 9.81. The molecule has 2 aromatic carbocycles. The van der Waals surface area contributed by atoms with E-state index in [-0.39, 0.29) is 33.4 Å². The molecule has 0 saturated heterocycles. The summed E-state index contributed by atoms with van der Waals surface area (Å²) in [6.07, 6.45) is 3.39. The quantitative estimate of drug-likeness (QED) is 0.280. The summed E-state index contributed by atoms with van der Waals surface area (Å²) < 4.78 is 32.3. The summed E-state index contributed by atoms with van der Waals surface area (Å²) in [5, 5.41) is 18.3. The lowest BCUT2D eigenvalue weighted by Gasteiger charge is -2.28. The van der Waals surface area contributed by atoms with Crippen molar-refractivity contribution in [3.05, 3.63) is 57.6 Å². The Kier molecular flexibility index (Phi) is 7.77. The molecule has 2 heterocycles. The van der Waals surface area contributed by atoms with Crippen LogP contribution in [0.1, 0.15) is 30.4 Å². The summed E-state index contributed by atoms with van der Waals surface area (Å²) in [7, 11) is -3.69. The predicted molar refractivity (Wildman–Crippen MR) is 120 cm³/mol. The molecule has 32 heavy (non-hydrogen) atoms. The molecule has 0 bridgehead atoms. The van der Waals surface area contributed by atoms with E-state index in [1.165, 1.54) is 11.6 Å². The third-order valence-electron chi connectivity index (χ3n) is 5.47. The van der Waals surface area contributed by atoms with E-state index in [2.05, 4.69) is 24.6 Å². The second-order valence-electron chi connectivity index (χ2n) is 7.58. The molecule has 0 spiro atoms. The number of non-ortho nitro benzene ring substituents is 1. The number of nitro groups is 1. The largest absolute Gasteiger partial charge is 0.299 e. The Hall–Kier alpha value is -2.60. The van der Waals surface area contributed by atoms with Crippen LogP contribution in [0.5, 0.6) is 0 Å². The molecule has 10 nitrogen and oxygen atoms in total. The normalized spacial score (nSPS) is 14.1. The van der Waals surface area contributed by atoms with Crippen molar-refractivity contribution in [2.45, 2.75) is 37.1 Å². The van der Waals surface area contributed by atoms with Crippen molar-refractivity contribution in [2.75, 3.05) is 19.6 Å². The zero-order valence-electron chi connectivity index (χ0n) is 17.3. The highest BCUT2D eigenvalue weighted by Crippen LogP contribution is 2.24. The molecule has 0 unspecified atom stereocenters. The van der Waals surface area contributed by atoms with Crippen LogP contribution in [-0.2, 0) is 23.0 Å². The van der Waals surface area contributed by atoms with Crippen molar-refractivity contribution in [1.29, 1.82) is 0 Å². The van der Waals surface area contributed by atoms with Crippen LogP contribution in [0.25, 0.3) is 11.0 Å². The van der Waals surface area contributed by atoms with Crippen LogP contribution >= 0.6 is 12.4 Å². The van der Waals surface area contributed by atoms with Crippen molar-refractivity contribution in [3.8, 4) is 0 Å².